The SMILES string of the molecule is COc1cccc(C(=O)OO[C]2CC[CH]CC2OOC(=O)c2cccc(OC)c2)c1. The Labute approximate surface area is 174 Å². The van der Waals surface area contributed by atoms with Gasteiger partial charge in [-0.1, -0.05) is 12.1 Å². The molecule has 0 spiro atoms. The molecule has 8 heteroatoms. The molecule has 1 saturated carbocycles. The molecule has 0 heterocycles. The van der Waals surface area contributed by atoms with Crippen molar-refractivity contribution in [2.45, 2.75) is 25.4 Å². The van der Waals surface area contributed by atoms with Crippen LogP contribution in [0.4, 0.5) is 0 Å². The van der Waals surface area contributed by atoms with Gasteiger partial charge in [0.05, 0.1) is 25.3 Å². The molecule has 0 saturated heterocycles. The topological polar surface area (TPSA) is 89.5 Å². The second-order valence-electron chi connectivity index (χ2n) is 6.40. The van der Waals surface area contributed by atoms with Crippen LogP contribution in [0.2, 0.25) is 0 Å². The number of carbonyl (C=O) groups is 2. The van der Waals surface area contributed by atoms with Gasteiger partial charge in [-0.2, -0.15) is 9.78 Å². The molecule has 158 valence electrons. The van der Waals surface area contributed by atoms with Gasteiger partial charge in [-0.25, -0.2) is 9.59 Å². The van der Waals surface area contributed by atoms with Crippen LogP contribution in [-0.4, -0.2) is 32.3 Å². The zero-order valence-electron chi connectivity index (χ0n) is 16.7. The number of methoxy groups -OCH3 is 2. The molecule has 0 amide bonds. The van der Waals surface area contributed by atoms with E-state index >= 15 is 0 Å². The van der Waals surface area contributed by atoms with Crippen LogP contribution < -0.4 is 9.47 Å². The van der Waals surface area contributed by atoms with Crippen molar-refractivity contribution in [2.75, 3.05) is 14.2 Å². The van der Waals surface area contributed by atoms with Crippen LogP contribution in [-0.2, 0) is 19.6 Å². The van der Waals surface area contributed by atoms with Crippen LogP contribution in [0.1, 0.15) is 40.0 Å². The van der Waals surface area contributed by atoms with Crippen molar-refractivity contribution in [3.8, 4) is 11.5 Å². The summed E-state index contributed by atoms with van der Waals surface area (Å²) in [5.74, 6) is -0.305. The third-order valence-electron chi connectivity index (χ3n) is 4.41. The lowest BCUT2D eigenvalue weighted by Gasteiger charge is -2.26. The van der Waals surface area contributed by atoms with Gasteiger partial charge < -0.3 is 9.47 Å². The van der Waals surface area contributed by atoms with E-state index in [2.05, 4.69) is 0 Å². The third kappa shape index (κ3) is 5.71. The zero-order chi connectivity index (χ0) is 21.3. The van der Waals surface area contributed by atoms with E-state index in [9.17, 15) is 9.59 Å². The first-order valence-electron chi connectivity index (χ1n) is 9.32. The lowest BCUT2D eigenvalue weighted by Crippen LogP contribution is -2.30. The Morgan fingerprint density at radius 1 is 0.867 bits per heavy atom. The second kappa shape index (κ2) is 10.6. The van der Waals surface area contributed by atoms with Gasteiger partial charge >= 0.3 is 11.9 Å². The Hall–Kier alpha value is -3.10. The van der Waals surface area contributed by atoms with Crippen molar-refractivity contribution in [1.82, 2.24) is 0 Å². The minimum Gasteiger partial charge on any atom is -0.497 e. The number of carbonyl (C=O) groups excluding carboxylic acids is 2. The normalized spacial score (nSPS) is 16.5. The Bertz CT molecular complexity index is 794. The van der Waals surface area contributed by atoms with E-state index in [-0.39, 0.29) is 11.1 Å². The number of hydrogen-bond acceptors (Lipinski definition) is 8. The first-order chi connectivity index (χ1) is 14.6. The Morgan fingerprint density at radius 3 is 2.07 bits per heavy atom. The van der Waals surface area contributed by atoms with Crippen LogP contribution in [0, 0.1) is 12.5 Å². The van der Waals surface area contributed by atoms with Crippen molar-refractivity contribution in [3.05, 3.63) is 72.2 Å². The fourth-order valence-electron chi connectivity index (χ4n) is 2.78. The van der Waals surface area contributed by atoms with E-state index in [1.807, 2.05) is 6.42 Å². The molecule has 1 unspecified atom stereocenters. The molecule has 1 aliphatic rings. The average molecular weight is 414 g/mol. The summed E-state index contributed by atoms with van der Waals surface area (Å²) in [6.07, 6.45) is 3.26. The second-order valence-corrected chi connectivity index (χ2v) is 6.40. The van der Waals surface area contributed by atoms with Gasteiger partial charge in [0.1, 0.15) is 17.6 Å². The maximum absolute atomic E-state index is 12.2. The summed E-state index contributed by atoms with van der Waals surface area (Å²) < 4.78 is 10.2. The molecule has 3 rings (SSSR count). The van der Waals surface area contributed by atoms with Crippen molar-refractivity contribution in [2.24, 2.45) is 0 Å². The van der Waals surface area contributed by atoms with Gasteiger partial charge in [0, 0.05) is 0 Å². The van der Waals surface area contributed by atoms with E-state index in [4.69, 9.17) is 29.0 Å². The largest absolute Gasteiger partial charge is 0.497 e. The van der Waals surface area contributed by atoms with Gasteiger partial charge in [0.25, 0.3) is 0 Å². The summed E-state index contributed by atoms with van der Waals surface area (Å²) in [5, 5.41) is 0. The van der Waals surface area contributed by atoms with Crippen LogP contribution in [0.15, 0.2) is 48.5 Å². The minimum atomic E-state index is -0.689. The summed E-state index contributed by atoms with van der Waals surface area (Å²) in [6, 6.07) is 13.0. The molecular formula is C22H22O8. The van der Waals surface area contributed by atoms with Crippen LogP contribution in [0.25, 0.3) is 0 Å². The van der Waals surface area contributed by atoms with Gasteiger partial charge in [0.15, 0.2) is 6.10 Å². The molecule has 8 nitrogen and oxygen atoms in total. The maximum Gasteiger partial charge on any atom is 0.373 e. The molecule has 0 aromatic heterocycles. The minimum absolute atomic E-state index is 0.277. The predicted molar refractivity (Wildman–Crippen MR) is 104 cm³/mol. The van der Waals surface area contributed by atoms with E-state index in [0.29, 0.717) is 30.4 Å². The number of ether oxygens (including phenoxy) is 2. The van der Waals surface area contributed by atoms with Gasteiger partial charge in [-0.3, -0.25) is 9.78 Å². The molecular weight excluding hydrogens is 392 g/mol. The molecule has 1 aliphatic carbocycles. The van der Waals surface area contributed by atoms with E-state index < -0.39 is 18.0 Å². The smallest absolute Gasteiger partial charge is 0.373 e. The van der Waals surface area contributed by atoms with E-state index in [0.717, 1.165) is 6.42 Å². The summed E-state index contributed by atoms with van der Waals surface area (Å²) in [7, 11) is 3.01. The molecule has 2 aromatic rings. The average Bonchev–Trinajstić information content (AvgIpc) is 2.81. The highest BCUT2D eigenvalue weighted by Gasteiger charge is 2.33. The highest BCUT2D eigenvalue weighted by Crippen LogP contribution is 2.30. The quantitative estimate of drug-likeness (QED) is 0.475. The Morgan fingerprint density at radius 2 is 1.47 bits per heavy atom. The molecule has 30 heavy (non-hydrogen) atoms. The summed E-state index contributed by atoms with van der Waals surface area (Å²) >= 11 is 0. The zero-order valence-corrected chi connectivity index (χ0v) is 16.7. The highest BCUT2D eigenvalue weighted by molar-refractivity contribution is 5.89. The first-order valence-corrected chi connectivity index (χ1v) is 9.32. The van der Waals surface area contributed by atoms with Crippen molar-refractivity contribution >= 4 is 11.9 Å². The van der Waals surface area contributed by atoms with Gasteiger partial charge in [-0.05, 0) is 62.1 Å². The summed E-state index contributed by atoms with van der Waals surface area (Å²) in [4.78, 5) is 44.8. The maximum atomic E-state index is 12.2. The van der Waals surface area contributed by atoms with Crippen LogP contribution in [0.3, 0.4) is 0 Å². The molecule has 2 radical (unpaired) electrons. The monoisotopic (exact) mass is 414 g/mol. The standard InChI is InChI=1S/C22H22O8/c1-25-17-9-5-7-15(13-17)21(23)29-27-19-11-3-4-12-20(19)28-30-22(24)16-8-6-10-18(14-16)26-2/h3,5-10,13-14,19H,4,11-12H2,1-2H3. The number of benzene rings is 2. The lowest BCUT2D eigenvalue weighted by atomic mass is 9.95. The molecule has 0 aliphatic heterocycles. The first kappa shape index (κ1) is 21.6. The summed E-state index contributed by atoms with van der Waals surface area (Å²) in [6.45, 7) is 0. The third-order valence-corrected chi connectivity index (χ3v) is 4.41. The van der Waals surface area contributed by atoms with E-state index in [1.165, 1.54) is 26.4 Å². The highest BCUT2D eigenvalue weighted by atomic mass is 17.2. The molecule has 0 N–H and O–H groups in total. The fourth-order valence-corrected chi connectivity index (χ4v) is 2.78. The molecule has 1 atom stereocenters. The molecule has 2 aromatic carbocycles. The van der Waals surface area contributed by atoms with Crippen molar-refractivity contribution in [1.29, 1.82) is 0 Å². The lowest BCUT2D eigenvalue weighted by molar-refractivity contribution is -0.317. The van der Waals surface area contributed by atoms with Crippen LogP contribution in [0.5, 0.6) is 11.5 Å². The summed E-state index contributed by atoms with van der Waals surface area (Å²) in [5.41, 5.74) is 0.556. The molecule has 0 bridgehead atoms. The predicted octanol–water partition coefficient (Wildman–Crippen LogP) is 3.87. The van der Waals surface area contributed by atoms with Gasteiger partial charge in [-0.15, -0.1) is 0 Å². The molecule has 1 fully saturated rings. The number of hydrogen-bond donors (Lipinski definition) is 0. The van der Waals surface area contributed by atoms with Crippen molar-refractivity contribution in [3.63, 3.8) is 0 Å². The Kier molecular flexibility index (Phi) is 7.64. The van der Waals surface area contributed by atoms with E-state index in [1.54, 1.807) is 36.4 Å². The fraction of sp³-hybridized carbons (Fsp3) is 0.273. The van der Waals surface area contributed by atoms with Gasteiger partial charge in [0.2, 0.25) is 0 Å². The number of rotatable bonds is 8. The van der Waals surface area contributed by atoms with Crippen molar-refractivity contribution < 1.29 is 38.6 Å². The van der Waals surface area contributed by atoms with Crippen LogP contribution >= 0.6 is 0 Å². The Balaban J connectivity index is 1.54.